The minimum atomic E-state index is -0.727. The quantitative estimate of drug-likeness (QED) is 0.758. The van der Waals surface area contributed by atoms with Crippen molar-refractivity contribution in [1.82, 2.24) is 0 Å². The summed E-state index contributed by atoms with van der Waals surface area (Å²) in [5.41, 5.74) is -0.137. The van der Waals surface area contributed by atoms with Gasteiger partial charge in [0.15, 0.2) is 0 Å². The molecule has 0 aromatic rings. The minimum Gasteiger partial charge on any atom is -0.469 e. The highest BCUT2D eigenvalue weighted by Gasteiger charge is 2.54. The topological polar surface area (TPSA) is 72.8 Å². The summed E-state index contributed by atoms with van der Waals surface area (Å²) in [5.74, 6) is -1.70. The Kier molecular flexibility index (Phi) is 3.67. The smallest absolute Gasteiger partial charge is 0.334 e. The third kappa shape index (κ3) is 2.06. The Morgan fingerprint density at radius 3 is 2.63 bits per heavy atom. The molecule has 1 N–H and O–H groups in total. The number of esters is 2. The lowest BCUT2D eigenvalue weighted by molar-refractivity contribution is -0.152. The van der Waals surface area contributed by atoms with Crippen LogP contribution in [-0.4, -0.2) is 37.4 Å². The Morgan fingerprint density at radius 2 is 2.05 bits per heavy atom. The van der Waals surface area contributed by atoms with E-state index in [1.165, 1.54) is 20.3 Å². The number of rotatable bonds is 2. The SMILES string of the molecule is COC(=O)C1=C[C@H](O)[C@]2(C)CCC[C@@H]2[C@@H]1C(=O)OC. The molecule has 1 fully saturated rings. The third-order valence-corrected chi connectivity index (χ3v) is 4.70. The van der Waals surface area contributed by atoms with Crippen LogP contribution in [0, 0.1) is 17.3 Å². The van der Waals surface area contributed by atoms with Crippen molar-refractivity contribution in [1.29, 1.82) is 0 Å². The van der Waals surface area contributed by atoms with Crippen LogP contribution in [0.15, 0.2) is 11.6 Å². The van der Waals surface area contributed by atoms with E-state index in [0.29, 0.717) is 0 Å². The van der Waals surface area contributed by atoms with Crippen molar-refractivity contribution < 1.29 is 24.2 Å². The molecule has 5 heteroatoms. The van der Waals surface area contributed by atoms with Gasteiger partial charge in [0.1, 0.15) is 0 Å². The van der Waals surface area contributed by atoms with E-state index in [1.807, 2.05) is 6.92 Å². The molecule has 5 nitrogen and oxygen atoms in total. The summed E-state index contributed by atoms with van der Waals surface area (Å²) in [5, 5.41) is 10.3. The second-order valence-electron chi connectivity index (χ2n) is 5.56. The monoisotopic (exact) mass is 268 g/mol. The van der Waals surface area contributed by atoms with Gasteiger partial charge in [-0.3, -0.25) is 4.79 Å². The molecule has 4 atom stereocenters. The Bertz CT molecular complexity index is 428. The van der Waals surface area contributed by atoms with E-state index in [9.17, 15) is 14.7 Å². The first kappa shape index (κ1) is 14.1. The molecule has 19 heavy (non-hydrogen) atoms. The molecule has 0 amide bonds. The summed E-state index contributed by atoms with van der Waals surface area (Å²) in [6.07, 6.45) is 3.33. The number of hydrogen-bond acceptors (Lipinski definition) is 5. The molecule has 0 radical (unpaired) electrons. The molecule has 0 unspecified atom stereocenters. The van der Waals surface area contributed by atoms with E-state index < -0.39 is 24.0 Å². The highest BCUT2D eigenvalue weighted by Crippen LogP contribution is 2.54. The third-order valence-electron chi connectivity index (χ3n) is 4.70. The number of methoxy groups -OCH3 is 2. The van der Waals surface area contributed by atoms with Gasteiger partial charge in [0.2, 0.25) is 0 Å². The van der Waals surface area contributed by atoms with Gasteiger partial charge in [-0.15, -0.1) is 0 Å². The summed E-state index contributed by atoms with van der Waals surface area (Å²) in [7, 11) is 2.58. The Morgan fingerprint density at radius 1 is 1.37 bits per heavy atom. The summed E-state index contributed by atoms with van der Waals surface area (Å²) in [4.78, 5) is 23.9. The molecule has 0 spiro atoms. The Balaban J connectivity index is 2.47. The molecule has 0 aliphatic heterocycles. The number of fused-ring (bicyclic) bond motifs is 1. The first-order chi connectivity index (χ1) is 8.95. The van der Waals surface area contributed by atoms with Crippen molar-refractivity contribution in [3.63, 3.8) is 0 Å². The zero-order valence-corrected chi connectivity index (χ0v) is 11.5. The van der Waals surface area contributed by atoms with Crippen LogP contribution in [0.3, 0.4) is 0 Å². The molecule has 106 valence electrons. The maximum atomic E-state index is 12.0. The number of ether oxygens (including phenoxy) is 2. The zero-order chi connectivity index (χ0) is 14.2. The lowest BCUT2D eigenvalue weighted by Crippen LogP contribution is -2.46. The number of aliphatic hydroxyl groups excluding tert-OH is 1. The second-order valence-corrected chi connectivity index (χ2v) is 5.56. The lowest BCUT2D eigenvalue weighted by atomic mass is 9.63. The van der Waals surface area contributed by atoms with Crippen molar-refractivity contribution in [3.05, 3.63) is 11.6 Å². The van der Waals surface area contributed by atoms with Gasteiger partial charge in [-0.25, -0.2) is 4.79 Å². The average molecular weight is 268 g/mol. The first-order valence-corrected chi connectivity index (χ1v) is 6.51. The van der Waals surface area contributed by atoms with Gasteiger partial charge in [0.05, 0.1) is 31.8 Å². The largest absolute Gasteiger partial charge is 0.469 e. The standard InChI is InChI=1S/C14H20O5/c1-14-6-4-5-9(14)11(13(17)19-3)8(7-10(14)15)12(16)18-2/h7,9-11,15H,4-6H2,1-3H3/t9-,10+,11-,14-/m1/s1. The molecular weight excluding hydrogens is 248 g/mol. The van der Waals surface area contributed by atoms with Crippen molar-refractivity contribution >= 4 is 11.9 Å². The maximum absolute atomic E-state index is 12.0. The van der Waals surface area contributed by atoms with E-state index in [1.54, 1.807) is 0 Å². The first-order valence-electron chi connectivity index (χ1n) is 6.51. The second kappa shape index (κ2) is 4.96. The summed E-state index contributed by atoms with van der Waals surface area (Å²) >= 11 is 0. The van der Waals surface area contributed by atoms with Gasteiger partial charge in [-0.1, -0.05) is 13.3 Å². The Labute approximate surface area is 112 Å². The summed E-state index contributed by atoms with van der Waals surface area (Å²) in [6.45, 7) is 1.97. The van der Waals surface area contributed by atoms with E-state index in [-0.39, 0.29) is 16.9 Å². The highest BCUT2D eigenvalue weighted by atomic mass is 16.5. The van der Waals surface area contributed by atoms with Gasteiger partial charge in [0, 0.05) is 5.41 Å². The molecule has 0 saturated heterocycles. The van der Waals surface area contributed by atoms with Crippen LogP contribution >= 0.6 is 0 Å². The van der Waals surface area contributed by atoms with Crippen LogP contribution in [0.2, 0.25) is 0 Å². The molecule has 0 aromatic heterocycles. The molecular formula is C14H20O5. The van der Waals surface area contributed by atoms with Gasteiger partial charge in [0.25, 0.3) is 0 Å². The maximum Gasteiger partial charge on any atom is 0.334 e. The van der Waals surface area contributed by atoms with Crippen molar-refractivity contribution in [2.24, 2.45) is 17.3 Å². The van der Waals surface area contributed by atoms with Gasteiger partial charge >= 0.3 is 11.9 Å². The predicted molar refractivity (Wildman–Crippen MR) is 67.1 cm³/mol. The fourth-order valence-electron chi connectivity index (χ4n) is 3.54. The molecule has 2 rings (SSSR count). The fourth-order valence-corrected chi connectivity index (χ4v) is 3.54. The molecule has 0 heterocycles. The average Bonchev–Trinajstić information content (AvgIpc) is 2.80. The van der Waals surface area contributed by atoms with Crippen LogP contribution in [0.5, 0.6) is 0 Å². The summed E-state index contributed by atoms with van der Waals surface area (Å²) < 4.78 is 9.55. The van der Waals surface area contributed by atoms with Gasteiger partial charge in [-0.2, -0.15) is 0 Å². The predicted octanol–water partition coefficient (Wildman–Crippen LogP) is 1.06. The van der Waals surface area contributed by atoms with Crippen LogP contribution in [0.4, 0.5) is 0 Å². The van der Waals surface area contributed by atoms with Crippen LogP contribution < -0.4 is 0 Å². The molecule has 1 saturated carbocycles. The highest BCUT2D eigenvalue weighted by molar-refractivity contribution is 5.96. The number of carbonyl (C=O) groups excluding carboxylic acids is 2. The van der Waals surface area contributed by atoms with Gasteiger partial charge in [-0.05, 0) is 24.8 Å². The molecule has 2 aliphatic rings. The van der Waals surface area contributed by atoms with E-state index in [2.05, 4.69) is 0 Å². The minimum absolute atomic E-state index is 0.0750. The Hall–Kier alpha value is -1.36. The molecule has 2 aliphatic carbocycles. The lowest BCUT2D eigenvalue weighted by Gasteiger charge is -2.42. The number of carbonyl (C=O) groups is 2. The van der Waals surface area contributed by atoms with E-state index in [4.69, 9.17) is 9.47 Å². The van der Waals surface area contributed by atoms with Crippen LogP contribution in [0.1, 0.15) is 26.2 Å². The summed E-state index contributed by atoms with van der Waals surface area (Å²) in [6, 6.07) is 0. The van der Waals surface area contributed by atoms with E-state index in [0.717, 1.165) is 19.3 Å². The fraction of sp³-hybridized carbons (Fsp3) is 0.714. The van der Waals surface area contributed by atoms with Crippen molar-refractivity contribution in [2.45, 2.75) is 32.3 Å². The van der Waals surface area contributed by atoms with Crippen molar-refractivity contribution in [3.8, 4) is 0 Å². The van der Waals surface area contributed by atoms with Crippen LogP contribution in [0.25, 0.3) is 0 Å². The number of hydrogen-bond donors (Lipinski definition) is 1. The van der Waals surface area contributed by atoms with Crippen LogP contribution in [-0.2, 0) is 19.1 Å². The number of aliphatic hydroxyl groups is 1. The van der Waals surface area contributed by atoms with E-state index >= 15 is 0 Å². The van der Waals surface area contributed by atoms with Gasteiger partial charge < -0.3 is 14.6 Å². The normalized spacial score (nSPS) is 37.3. The molecule has 0 aromatic carbocycles. The van der Waals surface area contributed by atoms with Crippen molar-refractivity contribution in [2.75, 3.05) is 14.2 Å². The zero-order valence-electron chi connectivity index (χ0n) is 11.5. The molecule has 0 bridgehead atoms.